The first kappa shape index (κ1) is 13.4. The fraction of sp³-hybridized carbons (Fsp3) is 0.727. The molecule has 0 spiro atoms. The second kappa shape index (κ2) is 6.77. The second-order valence-corrected chi connectivity index (χ2v) is 5.14. The van der Waals surface area contributed by atoms with E-state index in [1.807, 2.05) is 0 Å². The van der Waals surface area contributed by atoms with Crippen LogP contribution in [0.5, 0.6) is 0 Å². The molecule has 0 aliphatic carbocycles. The minimum atomic E-state index is -0.0530. The molecule has 2 rings (SSSR count). The molecule has 2 N–H and O–H groups in total. The summed E-state index contributed by atoms with van der Waals surface area (Å²) in [5.74, 6) is -0.0530. The number of aryl methyl sites for hydroxylation is 1. The van der Waals surface area contributed by atoms with Crippen molar-refractivity contribution in [1.82, 2.24) is 25.1 Å². The van der Waals surface area contributed by atoms with E-state index in [1.54, 1.807) is 6.92 Å². The number of nitrogens with one attached hydrogen (secondary N) is 2. The van der Waals surface area contributed by atoms with Crippen LogP contribution in [0.1, 0.15) is 21.8 Å². The summed E-state index contributed by atoms with van der Waals surface area (Å²) in [6.45, 7) is 7.90. The van der Waals surface area contributed by atoms with Gasteiger partial charge in [-0.25, -0.2) is 0 Å². The number of piperazine rings is 1. The highest BCUT2D eigenvalue weighted by atomic mass is 32.1. The van der Waals surface area contributed by atoms with Gasteiger partial charge in [-0.15, -0.1) is 5.10 Å². The second-order valence-electron chi connectivity index (χ2n) is 4.39. The average Bonchev–Trinajstić information content (AvgIpc) is 2.82. The molecule has 100 valence electrons. The summed E-state index contributed by atoms with van der Waals surface area (Å²) in [6, 6.07) is 0. The minimum absolute atomic E-state index is 0.0530. The van der Waals surface area contributed by atoms with Crippen molar-refractivity contribution in [3.8, 4) is 0 Å². The van der Waals surface area contributed by atoms with E-state index in [-0.39, 0.29) is 5.91 Å². The standard InChI is InChI=1S/C11H19N5OS/c1-9-10(18-15-14-9)11(17)13-3-2-6-16-7-4-12-5-8-16/h12H,2-8H2,1H3,(H,13,17). The van der Waals surface area contributed by atoms with Gasteiger partial charge in [-0.3, -0.25) is 4.79 Å². The third kappa shape index (κ3) is 3.72. The number of nitrogens with zero attached hydrogens (tertiary/aromatic N) is 3. The van der Waals surface area contributed by atoms with Crippen LogP contribution in [0.2, 0.25) is 0 Å². The van der Waals surface area contributed by atoms with Gasteiger partial charge in [0.05, 0.1) is 5.69 Å². The third-order valence-electron chi connectivity index (χ3n) is 3.00. The maximum atomic E-state index is 11.8. The molecule has 1 aliphatic rings. The van der Waals surface area contributed by atoms with E-state index in [2.05, 4.69) is 25.1 Å². The number of rotatable bonds is 5. The van der Waals surface area contributed by atoms with Gasteiger partial charge < -0.3 is 15.5 Å². The quantitative estimate of drug-likeness (QED) is 0.729. The Balaban J connectivity index is 1.63. The Labute approximate surface area is 111 Å². The molecule has 1 amide bonds. The van der Waals surface area contributed by atoms with Crippen LogP contribution in [0.4, 0.5) is 0 Å². The molecular weight excluding hydrogens is 250 g/mol. The van der Waals surface area contributed by atoms with E-state index in [9.17, 15) is 4.79 Å². The van der Waals surface area contributed by atoms with Gasteiger partial charge in [-0.05, 0) is 31.4 Å². The lowest BCUT2D eigenvalue weighted by Gasteiger charge is -2.27. The summed E-state index contributed by atoms with van der Waals surface area (Å²) in [4.78, 5) is 14.8. The van der Waals surface area contributed by atoms with Crippen molar-refractivity contribution in [3.63, 3.8) is 0 Å². The summed E-state index contributed by atoms with van der Waals surface area (Å²) in [6.07, 6.45) is 0.983. The van der Waals surface area contributed by atoms with Crippen molar-refractivity contribution < 1.29 is 4.79 Å². The van der Waals surface area contributed by atoms with Crippen LogP contribution in [0.15, 0.2) is 0 Å². The van der Waals surface area contributed by atoms with E-state index < -0.39 is 0 Å². The largest absolute Gasteiger partial charge is 0.351 e. The number of carbonyl (C=O) groups is 1. The van der Waals surface area contributed by atoms with Crippen molar-refractivity contribution in [2.24, 2.45) is 0 Å². The first-order chi connectivity index (χ1) is 8.77. The molecule has 0 atom stereocenters. The molecule has 18 heavy (non-hydrogen) atoms. The van der Waals surface area contributed by atoms with Crippen LogP contribution < -0.4 is 10.6 Å². The minimum Gasteiger partial charge on any atom is -0.351 e. The molecule has 1 fully saturated rings. The van der Waals surface area contributed by atoms with E-state index >= 15 is 0 Å². The van der Waals surface area contributed by atoms with Crippen LogP contribution in [0.3, 0.4) is 0 Å². The molecule has 0 aromatic carbocycles. The van der Waals surface area contributed by atoms with Crippen molar-refractivity contribution >= 4 is 17.4 Å². The van der Waals surface area contributed by atoms with Crippen molar-refractivity contribution in [1.29, 1.82) is 0 Å². The molecule has 7 heteroatoms. The number of amides is 1. The molecule has 1 saturated heterocycles. The van der Waals surface area contributed by atoms with Gasteiger partial charge >= 0.3 is 0 Å². The van der Waals surface area contributed by atoms with Gasteiger partial charge in [0.2, 0.25) is 0 Å². The van der Waals surface area contributed by atoms with E-state index in [0.717, 1.165) is 50.7 Å². The molecule has 1 aromatic heterocycles. The molecule has 1 aromatic rings. The molecule has 0 radical (unpaired) electrons. The van der Waals surface area contributed by atoms with Gasteiger partial charge in [0.15, 0.2) is 0 Å². The first-order valence-corrected chi connectivity index (χ1v) is 7.05. The van der Waals surface area contributed by atoms with Crippen molar-refractivity contribution in [3.05, 3.63) is 10.6 Å². The number of carbonyl (C=O) groups excluding carboxylic acids is 1. The van der Waals surface area contributed by atoms with E-state index in [1.165, 1.54) is 0 Å². The Kier molecular flexibility index (Phi) is 5.03. The molecular formula is C11H19N5OS. The lowest BCUT2D eigenvalue weighted by atomic mass is 10.3. The molecule has 0 unspecified atom stereocenters. The Hall–Kier alpha value is -1.05. The molecule has 2 heterocycles. The molecule has 6 nitrogen and oxygen atoms in total. The zero-order valence-electron chi connectivity index (χ0n) is 10.6. The van der Waals surface area contributed by atoms with E-state index in [4.69, 9.17) is 0 Å². The molecule has 0 bridgehead atoms. The summed E-state index contributed by atoms with van der Waals surface area (Å²) >= 11 is 1.15. The highest BCUT2D eigenvalue weighted by Gasteiger charge is 2.13. The summed E-state index contributed by atoms with van der Waals surface area (Å²) in [5.41, 5.74) is 0.708. The van der Waals surface area contributed by atoms with Crippen LogP contribution in [0, 0.1) is 6.92 Å². The van der Waals surface area contributed by atoms with Crippen LogP contribution in [-0.2, 0) is 0 Å². The fourth-order valence-electron chi connectivity index (χ4n) is 1.96. The predicted molar refractivity (Wildman–Crippen MR) is 70.9 cm³/mol. The van der Waals surface area contributed by atoms with Crippen LogP contribution in [-0.4, -0.2) is 59.7 Å². The lowest BCUT2D eigenvalue weighted by molar-refractivity contribution is 0.0954. The SMILES string of the molecule is Cc1nnsc1C(=O)NCCCN1CCNCC1. The van der Waals surface area contributed by atoms with E-state index in [0.29, 0.717) is 17.1 Å². The average molecular weight is 269 g/mol. The van der Waals surface area contributed by atoms with Gasteiger partial charge in [0, 0.05) is 32.7 Å². The smallest absolute Gasteiger partial charge is 0.264 e. The molecule has 0 saturated carbocycles. The summed E-state index contributed by atoms with van der Waals surface area (Å²) < 4.78 is 3.76. The van der Waals surface area contributed by atoms with Crippen molar-refractivity contribution in [2.45, 2.75) is 13.3 Å². The highest BCUT2D eigenvalue weighted by molar-refractivity contribution is 7.07. The lowest BCUT2D eigenvalue weighted by Crippen LogP contribution is -2.44. The van der Waals surface area contributed by atoms with Gasteiger partial charge in [0.1, 0.15) is 4.88 Å². The zero-order valence-corrected chi connectivity index (χ0v) is 11.4. The number of hydrogen-bond acceptors (Lipinski definition) is 6. The van der Waals surface area contributed by atoms with Crippen LogP contribution in [0.25, 0.3) is 0 Å². The number of aromatic nitrogens is 2. The van der Waals surface area contributed by atoms with Crippen molar-refractivity contribution in [2.75, 3.05) is 39.3 Å². The Morgan fingerprint density at radius 2 is 2.28 bits per heavy atom. The maximum Gasteiger partial charge on any atom is 0.264 e. The maximum absolute atomic E-state index is 11.8. The highest BCUT2D eigenvalue weighted by Crippen LogP contribution is 2.08. The Morgan fingerprint density at radius 3 is 2.94 bits per heavy atom. The van der Waals surface area contributed by atoms with Gasteiger partial charge in [-0.2, -0.15) is 0 Å². The predicted octanol–water partition coefficient (Wildman–Crippen LogP) is -0.128. The summed E-state index contributed by atoms with van der Waals surface area (Å²) in [5, 5.41) is 10.1. The fourth-order valence-corrected chi connectivity index (χ4v) is 2.53. The normalized spacial score (nSPS) is 16.7. The topological polar surface area (TPSA) is 70.2 Å². The Morgan fingerprint density at radius 1 is 1.50 bits per heavy atom. The zero-order chi connectivity index (χ0) is 12.8. The number of hydrogen-bond donors (Lipinski definition) is 2. The summed E-state index contributed by atoms with van der Waals surface area (Å²) in [7, 11) is 0. The monoisotopic (exact) mass is 269 g/mol. The van der Waals surface area contributed by atoms with Gasteiger partial charge in [0.25, 0.3) is 5.91 Å². The Bertz CT molecular complexity index is 389. The third-order valence-corrected chi connectivity index (χ3v) is 3.83. The van der Waals surface area contributed by atoms with Crippen LogP contribution >= 0.6 is 11.5 Å². The molecule has 1 aliphatic heterocycles. The first-order valence-electron chi connectivity index (χ1n) is 6.27. The van der Waals surface area contributed by atoms with Gasteiger partial charge in [-0.1, -0.05) is 4.49 Å².